The molecule has 0 atom stereocenters. The second-order valence-corrected chi connectivity index (χ2v) is 4.25. The van der Waals surface area contributed by atoms with Crippen LogP contribution in [0.1, 0.15) is 5.89 Å². The fourth-order valence-electron chi connectivity index (χ4n) is 1.86. The molecule has 3 aromatic heterocycles. The molecule has 0 radical (unpaired) electrons. The summed E-state index contributed by atoms with van der Waals surface area (Å²) in [6.07, 6.45) is 4.93. The van der Waals surface area contributed by atoms with Crippen LogP contribution in [0.15, 0.2) is 52.1 Å². The first-order chi connectivity index (χ1) is 10.3. The maximum Gasteiger partial charge on any atom is 0.293 e. The van der Waals surface area contributed by atoms with Crippen molar-refractivity contribution in [3.63, 3.8) is 0 Å². The number of ether oxygens (including phenoxy) is 1. The van der Waals surface area contributed by atoms with Gasteiger partial charge in [0.15, 0.2) is 5.75 Å². The zero-order valence-corrected chi connectivity index (χ0v) is 11.3. The third kappa shape index (κ3) is 2.66. The Morgan fingerprint density at radius 3 is 2.95 bits per heavy atom. The minimum Gasteiger partial charge on any atom is -0.491 e. The van der Waals surface area contributed by atoms with Crippen molar-refractivity contribution in [3.8, 4) is 17.2 Å². The molecule has 0 saturated heterocycles. The van der Waals surface area contributed by atoms with Crippen LogP contribution in [-0.2, 0) is 6.54 Å². The molecule has 7 heteroatoms. The lowest BCUT2D eigenvalue weighted by atomic mass is 10.3. The van der Waals surface area contributed by atoms with Gasteiger partial charge in [-0.3, -0.25) is 9.78 Å². The van der Waals surface area contributed by atoms with E-state index in [1.165, 1.54) is 11.7 Å². The van der Waals surface area contributed by atoms with Crippen molar-refractivity contribution in [2.24, 2.45) is 0 Å². The molecule has 3 aromatic rings. The molecular formula is C14H12N4O3. The number of methoxy groups -OCH3 is 1. The Morgan fingerprint density at radius 1 is 1.29 bits per heavy atom. The lowest BCUT2D eigenvalue weighted by molar-refractivity contribution is 0.400. The van der Waals surface area contributed by atoms with Crippen molar-refractivity contribution in [2.75, 3.05) is 7.11 Å². The van der Waals surface area contributed by atoms with Crippen LogP contribution in [0.2, 0.25) is 0 Å². The van der Waals surface area contributed by atoms with Gasteiger partial charge in [0.2, 0.25) is 11.8 Å². The fraction of sp³-hybridized carbons (Fsp3) is 0.143. The Morgan fingerprint density at radius 2 is 2.19 bits per heavy atom. The average molecular weight is 284 g/mol. The van der Waals surface area contributed by atoms with E-state index in [4.69, 9.17) is 9.15 Å². The van der Waals surface area contributed by atoms with Gasteiger partial charge in [0.1, 0.15) is 6.54 Å². The van der Waals surface area contributed by atoms with E-state index in [-0.39, 0.29) is 17.9 Å². The van der Waals surface area contributed by atoms with Crippen molar-refractivity contribution in [1.82, 2.24) is 19.7 Å². The average Bonchev–Trinajstić information content (AvgIpc) is 2.99. The van der Waals surface area contributed by atoms with Gasteiger partial charge < -0.3 is 13.7 Å². The Labute approximate surface area is 119 Å². The smallest absolute Gasteiger partial charge is 0.293 e. The highest BCUT2D eigenvalue weighted by Crippen LogP contribution is 2.16. The predicted octanol–water partition coefficient (Wildman–Crippen LogP) is 1.35. The summed E-state index contributed by atoms with van der Waals surface area (Å²) in [5.74, 6) is 0.975. The van der Waals surface area contributed by atoms with Crippen LogP contribution >= 0.6 is 0 Å². The van der Waals surface area contributed by atoms with Gasteiger partial charge in [-0.15, -0.1) is 10.2 Å². The number of rotatable bonds is 4. The molecule has 21 heavy (non-hydrogen) atoms. The van der Waals surface area contributed by atoms with Gasteiger partial charge >= 0.3 is 0 Å². The van der Waals surface area contributed by atoms with Crippen LogP contribution in [0.4, 0.5) is 0 Å². The Hall–Kier alpha value is -2.96. The first-order valence-corrected chi connectivity index (χ1v) is 6.24. The molecule has 0 unspecified atom stereocenters. The molecule has 3 rings (SSSR count). The van der Waals surface area contributed by atoms with Crippen molar-refractivity contribution in [2.45, 2.75) is 6.54 Å². The van der Waals surface area contributed by atoms with Crippen molar-refractivity contribution >= 4 is 0 Å². The lowest BCUT2D eigenvalue weighted by Gasteiger charge is -2.04. The SMILES string of the molecule is COc1cccn(Cc2nnc(-c3cccnc3)o2)c1=O. The molecule has 0 N–H and O–H groups in total. The summed E-state index contributed by atoms with van der Waals surface area (Å²) < 4.78 is 12.0. The normalized spacial score (nSPS) is 10.5. The van der Waals surface area contributed by atoms with Gasteiger partial charge in [0.05, 0.1) is 12.7 Å². The molecule has 0 aliphatic heterocycles. The topological polar surface area (TPSA) is 83.0 Å². The molecule has 0 aliphatic carbocycles. The second-order valence-electron chi connectivity index (χ2n) is 4.25. The molecule has 106 valence electrons. The monoisotopic (exact) mass is 284 g/mol. The summed E-state index contributed by atoms with van der Waals surface area (Å²) in [5.41, 5.74) is 0.482. The third-order valence-corrected chi connectivity index (χ3v) is 2.89. The zero-order chi connectivity index (χ0) is 14.7. The summed E-state index contributed by atoms with van der Waals surface area (Å²) in [4.78, 5) is 16.0. The summed E-state index contributed by atoms with van der Waals surface area (Å²) in [6.45, 7) is 0.184. The van der Waals surface area contributed by atoms with Crippen molar-refractivity contribution in [3.05, 3.63) is 59.1 Å². The molecule has 3 heterocycles. The van der Waals surface area contributed by atoms with E-state index < -0.39 is 0 Å². The maximum absolute atomic E-state index is 12.0. The Bertz CT molecular complexity index is 795. The molecule has 0 bridgehead atoms. The molecule has 7 nitrogen and oxygen atoms in total. The fourth-order valence-corrected chi connectivity index (χ4v) is 1.86. The minimum atomic E-state index is -0.249. The van der Waals surface area contributed by atoms with E-state index in [0.717, 1.165) is 5.56 Å². The van der Waals surface area contributed by atoms with Crippen LogP contribution in [-0.4, -0.2) is 26.9 Å². The van der Waals surface area contributed by atoms with Gasteiger partial charge in [-0.1, -0.05) is 0 Å². The molecule has 0 saturated carbocycles. The van der Waals surface area contributed by atoms with E-state index >= 15 is 0 Å². The maximum atomic E-state index is 12.0. The van der Waals surface area contributed by atoms with E-state index in [1.807, 2.05) is 6.07 Å². The Balaban J connectivity index is 1.87. The van der Waals surface area contributed by atoms with Crippen LogP contribution < -0.4 is 10.3 Å². The summed E-state index contributed by atoms with van der Waals surface area (Å²) in [6, 6.07) is 6.93. The minimum absolute atomic E-state index is 0.184. The molecular weight excluding hydrogens is 272 g/mol. The summed E-state index contributed by atoms with van der Waals surface area (Å²) in [5, 5.41) is 7.89. The standard InChI is InChI=1S/C14H12N4O3/c1-20-11-5-3-7-18(14(11)19)9-12-16-17-13(21-12)10-4-2-6-15-8-10/h2-8H,9H2,1H3. The van der Waals surface area contributed by atoms with Gasteiger partial charge in [0, 0.05) is 18.6 Å². The van der Waals surface area contributed by atoms with Crippen LogP contribution in [0.5, 0.6) is 5.75 Å². The largest absolute Gasteiger partial charge is 0.491 e. The van der Waals surface area contributed by atoms with Gasteiger partial charge in [0.25, 0.3) is 5.56 Å². The van der Waals surface area contributed by atoms with Gasteiger partial charge in [-0.25, -0.2) is 0 Å². The van der Waals surface area contributed by atoms with E-state index in [1.54, 1.807) is 36.8 Å². The first-order valence-electron chi connectivity index (χ1n) is 6.24. The number of pyridine rings is 2. The molecule has 0 aromatic carbocycles. The highest BCUT2D eigenvalue weighted by Gasteiger charge is 2.10. The van der Waals surface area contributed by atoms with Crippen LogP contribution in [0, 0.1) is 0 Å². The van der Waals surface area contributed by atoms with Crippen molar-refractivity contribution in [1.29, 1.82) is 0 Å². The van der Waals surface area contributed by atoms with E-state index in [0.29, 0.717) is 11.8 Å². The quantitative estimate of drug-likeness (QED) is 0.719. The van der Waals surface area contributed by atoms with E-state index in [2.05, 4.69) is 15.2 Å². The number of nitrogens with zero attached hydrogens (tertiary/aromatic N) is 4. The highest BCUT2D eigenvalue weighted by molar-refractivity contribution is 5.49. The summed E-state index contributed by atoms with van der Waals surface area (Å²) in [7, 11) is 1.45. The second kappa shape index (κ2) is 5.58. The lowest BCUT2D eigenvalue weighted by Crippen LogP contribution is -2.21. The molecule has 0 amide bonds. The predicted molar refractivity (Wildman–Crippen MR) is 73.9 cm³/mol. The zero-order valence-electron chi connectivity index (χ0n) is 11.3. The van der Waals surface area contributed by atoms with Crippen molar-refractivity contribution < 1.29 is 9.15 Å². The molecule has 0 spiro atoms. The number of hydrogen-bond acceptors (Lipinski definition) is 6. The van der Waals surface area contributed by atoms with Gasteiger partial charge in [-0.2, -0.15) is 0 Å². The summed E-state index contributed by atoms with van der Waals surface area (Å²) >= 11 is 0. The van der Waals surface area contributed by atoms with E-state index in [9.17, 15) is 4.79 Å². The third-order valence-electron chi connectivity index (χ3n) is 2.89. The number of hydrogen-bond donors (Lipinski definition) is 0. The molecule has 0 fully saturated rings. The number of aromatic nitrogens is 4. The van der Waals surface area contributed by atoms with Crippen LogP contribution in [0.3, 0.4) is 0 Å². The van der Waals surface area contributed by atoms with Gasteiger partial charge in [-0.05, 0) is 24.3 Å². The van der Waals surface area contributed by atoms with Crippen LogP contribution in [0.25, 0.3) is 11.5 Å². The molecule has 0 aliphatic rings. The first kappa shape index (κ1) is 13.0. The highest BCUT2D eigenvalue weighted by atomic mass is 16.5. The Kier molecular flexibility index (Phi) is 3.46.